The number of likely N-dealkylation sites (N-methyl/N-ethyl adjacent to an activating group) is 1. The van der Waals surface area contributed by atoms with Gasteiger partial charge in [0.05, 0.1) is 23.6 Å². The van der Waals surface area contributed by atoms with Crippen molar-refractivity contribution < 1.29 is 18.0 Å². The van der Waals surface area contributed by atoms with E-state index in [0.29, 0.717) is 29.7 Å². The fraction of sp³-hybridized carbons (Fsp3) is 0.364. The van der Waals surface area contributed by atoms with Crippen LogP contribution < -0.4 is 15.5 Å². The van der Waals surface area contributed by atoms with Crippen molar-refractivity contribution in [1.82, 2.24) is 24.8 Å². The number of rotatable bonds is 9. The first-order valence-corrected chi connectivity index (χ1v) is 10.4. The number of carbonyl (C=O) groups is 1. The molecule has 1 unspecified atom stereocenters. The number of nitrogens with one attached hydrogen (secondary N) is 2. The molecule has 1 atom stereocenters. The molecule has 2 N–H and O–H groups in total. The molecule has 0 bridgehead atoms. The maximum absolute atomic E-state index is 12.8. The lowest BCUT2D eigenvalue weighted by Crippen LogP contribution is -2.41. The van der Waals surface area contributed by atoms with Crippen molar-refractivity contribution in [2.45, 2.75) is 37.5 Å². The summed E-state index contributed by atoms with van der Waals surface area (Å²) in [5, 5.41) is 6.41. The Balaban J connectivity index is 1.45. The molecule has 1 fully saturated rings. The summed E-state index contributed by atoms with van der Waals surface area (Å²) in [6.07, 6.45) is 3.23. The van der Waals surface area contributed by atoms with Gasteiger partial charge in [0.1, 0.15) is 5.82 Å². The number of alkyl halides is 3. The van der Waals surface area contributed by atoms with Gasteiger partial charge in [-0.15, -0.1) is 0 Å². The summed E-state index contributed by atoms with van der Waals surface area (Å²) in [4.78, 5) is 26.2. The number of hydrogen-bond donors (Lipinski definition) is 2. The summed E-state index contributed by atoms with van der Waals surface area (Å²) >= 11 is 0. The molecular weight excluding hydrogens is 435 g/mol. The van der Waals surface area contributed by atoms with Gasteiger partial charge >= 0.3 is 6.18 Å². The van der Waals surface area contributed by atoms with Crippen LogP contribution in [-0.4, -0.2) is 45.1 Å². The Morgan fingerprint density at radius 3 is 2.55 bits per heavy atom. The van der Waals surface area contributed by atoms with Gasteiger partial charge in [-0.2, -0.15) is 18.2 Å². The molecule has 2 heterocycles. The molecule has 33 heavy (non-hydrogen) atoms. The normalized spacial score (nSPS) is 15.7. The summed E-state index contributed by atoms with van der Waals surface area (Å²) in [5.74, 6) is 0.830. The minimum absolute atomic E-state index is 0.0577. The molecule has 174 valence electrons. The SMILES string of the molecule is CNC1(CN(C=O)c2ccnc(NC(C)c3cn(-c4ccc(C(F)(F)F)cc4)cn3)n2)CC1. The van der Waals surface area contributed by atoms with Gasteiger partial charge in [-0.05, 0) is 57.1 Å². The van der Waals surface area contributed by atoms with Crippen LogP contribution >= 0.6 is 0 Å². The summed E-state index contributed by atoms with van der Waals surface area (Å²) in [5.41, 5.74) is 0.457. The quantitative estimate of drug-likeness (QED) is 0.476. The minimum atomic E-state index is -4.38. The Morgan fingerprint density at radius 2 is 1.94 bits per heavy atom. The molecule has 4 rings (SSSR count). The number of imidazole rings is 1. The van der Waals surface area contributed by atoms with Crippen molar-refractivity contribution >= 4 is 18.2 Å². The molecule has 11 heteroatoms. The maximum atomic E-state index is 12.8. The lowest BCUT2D eigenvalue weighted by atomic mass is 10.2. The van der Waals surface area contributed by atoms with E-state index in [-0.39, 0.29) is 11.6 Å². The maximum Gasteiger partial charge on any atom is 0.416 e. The van der Waals surface area contributed by atoms with Gasteiger partial charge in [-0.3, -0.25) is 9.69 Å². The van der Waals surface area contributed by atoms with Gasteiger partial charge in [-0.1, -0.05) is 0 Å². The van der Waals surface area contributed by atoms with E-state index in [0.717, 1.165) is 31.4 Å². The topological polar surface area (TPSA) is 88.0 Å². The molecule has 2 aromatic heterocycles. The average molecular weight is 459 g/mol. The molecule has 1 aliphatic rings. The molecule has 3 aromatic rings. The van der Waals surface area contributed by atoms with Gasteiger partial charge in [0, 0.05) is 30.2 Å². The fourth-order valence-corrected chi connectivity index (χ4v) is 3.51. The van der Waals surface area contributed by atoms with E-state index >= 15 is 0 Å². The summed E-state index contributed by atoms with van der Waals surface area (Å²) in [7, 11) is 1.88. The smallest absolute Gasteiger partial charge is 0.346 e. The standard InChI is InChI=1S/C22H24F3N7O/c1-15(18-11-31(13-28-18)17-5-3-16(4-6-17)22(23,24)25)29-20-27-10-7-19(30-20)32(14-33)12-21(26-2)8-9-21/h3-7,10-11,13-15,26H,8-9,12H2,1-2H3,(H,27,29,30). The van der Waals surface area contributed by atoms with Gasteiger partial charge in [-0.25, -0.2) is 9.97 Å². The highest BCUT2D eigenvalue weighted by molar-refractivity contribution is 5.73. The van der Waals surface area contributed by atoms with Gasteiger partial charge in [0.25, 0.3) is 0 Å². The second-order valence-electron chi connectivity index (χ2n) is 8.12. The third-order valence-electron chi connectivity index (χ3n) is 5.80. The van der Waals surface area contributed by atoms with E-state index in [1.54, 1.807) is 27.9 Å². The zero-order chi connectivity index (χ0) is 23.6. The number of halogens is 3. The molecule has 0 spiro atoms. The third kappa shape index (κ3) is 5.14. The molecule has 0 saturated heterocycles. The van der Waals surface area contributed by atoms with Crippen molar-refractivity contribution in [2.24, 2.45) is 0 Å². The number of anilines is 2. The summed E-state index contributed by atoms with van der Waals surface area (Å²) in [6, 6.07) is 6.25. The molecule has 1 aromatic carbocycles. The van der Waals surface area contributed by atoms with Gasteiger partial charge in [0.2, 0.25) is 12.4 Å². The van der Waals surface area contributed by atoms with Crippen molar-refractivity contribution in [1.29, 1.82) is 0 Å². The molecule has 1 amide bonds. The second kappa shape index (κ2) is 8.81. The van der Waals surface area contributed by atoms with E-state index in [9.17, 15) is 18.0 Å². The van der Waals surface area contributed by atoms with Crippen molar-refractivity contribution in [3.63, 3.8) is 0 Å². The number of hydrogen-bond acceptors (Lipinski definition) is 6. The van der Waals surface area contributed by atoms with E-state index in [1.165, 1.54) is 18.5 Å². The highest BCUT2D eigenvalue weighted by Gasteiger charge is 2.42. The average Bonchev–Trinajstić information content (AvgIpc) is 3.40. The van der Waals surface area contributed by atoms with Crippen LogP contribution in [0.5, 0.6) is 0 Å². The minimum Gasteiger partial charge on any atom is -0.346 e. The van der Waals surface area contributed by atoms with E-state index < -0.39 is 11.7 Å². The number of amides is 1. The van der Waals surface area contributed by atoms with E-state index in [4.69, 9.17) is 0 Å². The zero-order valence-corrected chi connectivity index (χ0v) is 18.2. The van der Waals surface area contributed by atoms with Crippen LogP contribution in [0.1, 0.15) is 37.1 Å². The number of benzene rings is 1. The van der Waals surface area contributed by atoms with Crippen LogP contribution in [0.2, 0.25) is 0 Å². The Hall–Kier alpha value is -3.47. The second-order valence-corrected chi connectivity index (χ2v) is 8.12. The van der Waals surface area contributed by atoms with Crippen molar-refractivity contribution in [3.05, 3.63) is 60.3 Å². The molecule has 8 nitrogen and oxygen atoms in total. The van der Waals surface area contributed by atoms with Crippen LogP contribution in [0.25, 0.3) is 5.69 Å². The third-order valence-corrected chi connectivity index (χ3v) is 5.80. The predicted octanol–water partition coefficient (Wildman–Crippen LogP) is 3.57. The first kappa shape index (κ1) is 22.7. The summed E-state index contributed by atoms with van der Waals surface area (Å²) < 4.78 is 40.0. The zero-order valence-electron chi connectivity index (χ0n) is 18.2. The Morgan fingerprint density at radius 1 is 1.21 bits per heavy atom. The molecule has 1 aliphatic carbocycles. The van der Waals surface area contributed by atoms with Crippen molar-refractivity contribution in [2.75, 3.05) is 23.8 Å². The predicted molar refractivity (Wildman–Crippen MR) is 117 cm³/mol. The highest BCUT2D eigenvalue weighted by Crippen LogP contribution is 2.36. The molecule has 0 radical (unpaired) electrons. The van der Waals surface area contributed by atoms with Crippen LogP contribution in [-0.2, 0) is 11.0 Å². The lowest BCUT2D eigenvalue weighted by Gasteiger charge is -2.23. The first-order valence-electron chi connectivity index (χ1n) is 10.4. The largest absolute Gasteiger partial charge is 0.416 e. The van der Waals surface area contributed by atoms with E-state index in [2.05, 4.69) is 25.6 Å². The van der Waals surface area contributed by atoms with Crippen LogP contribution in [0.15, 0.2) is 49.1 Å². The molecule has 0 aliphatic heterocycles. The fourth-order valence-electron chi connectivity index (χ4n) is 3.51. The Kier molecular flexibility index (Phi) is 6.07. The van der Waals surface area contributed by atoms with Crippen LogP contribution in [0.4, 0.5) is 24.9 Å². The van der Waals surface area contributed by atoms with Crippen molar-refractivity contribution in [3.8, 4) is 5.69 Å². The first-order chi connectivity index (χ1) is 15.7. The highest BCUT2D eigenvalue weighted by atomic mass is 19.4. The van der Waals surface area contributed by atoms with Crippen LogP contribution in [0, 0.1) is 0 Å². The summed E-state index contributed by atoms with van der Waals surface area (Å²) in [6.45, 7) is 2.39. The number of carbonyl (C=O) groups excluding carboxylic acids is 1. The van der Waals surface area contributed by atoms with Gasteiger partial charge < -0.3 is 15.2 Å². The number of nitrogens with zero attached hydrogens (tertiary/aromatic N) is 5. The monoisotopic (exact) mass is 459 g/mol. The Labute approximate surface area is 188 Å². The van der Waals surface area contributed by atoms with E-state index in [1.807, 2.05) is 14.0 Å². The van der Waals surface area contributed by atoms with Crippen LogP contribution in [0.3, 0.4) is 0 Å². The Bertz CT molecular complexity index is 1110. The molecule has 1 saturated carbocycles. The number of aromatic nitrogens is 4. The lowest BCUT2D eigenvalue weighted by molar-refractivity contribution is -0.137. The molecular formula is C22H24F3N7O. The van der Waals surface area contributed by atoms with Gasteiger partial charge in [0.15, 0.2) is 0 Å².